The van der Waals surface area contributed by atoms with E-state index in [4.69, 9.17) is 0 Å². The molecule has 0 N–H and O–H groups in total. The molecule has 2 unspecified atom stereocenters. The lowest BCUT2D eigenvalue weighted by atomic mass is 10.1. The van der Waals surface area contributed by atoms with Gasteiger partial charge in [-0.3, -0.25) is 14.5 Å². The summed E-state index contributed by atoms with van der Waals surface area (Å²) in [6.45, 7) is 5.17. The summed E-state index contributed by atoms with van der Waals surface area (Å²) in [5.41, 5.74) is 1.06. The summed E-state index contributed by atoms with van der Waals surface area (Å²) in [4.78, 5) is 31.2. The van der Waals surface area contributed by atoms with Gasteiger partial charge in [0.2, 0.25) is 11.8 Å². The second-order valence-corrected chi connectivity index (χ2v) is 8.04. The summed E-state index contributed by atoms with van der Waals surface area (Å²) in [5.74, 6) is 0.477. The first-order valence-corrected chi connectivity index (χ1v) is 10.2. The summed E-state index contributed by atoms with van der Waals surface area (Å²) in [6.07, 6.45) is 4.32. The Kier molecular flexibility index (Phi) is 5.43. The summed E-state index contributed by atoms with van der Waals surface area (Å²) in [7, 11) is 0. The fraction of sp³-hybridized carbons (Fsp3) is 0.619. The zero-order valence-corrected chi connectivity index (χ0v) is 15.8. The third-order valence-corrected chi connectivity index (χ3v) is 6.16. The fourth-order valence-electron chi connectivity index (χ4n) is 4.34. The highest BCUT2D eigenvalue weighted by Crippen LogP contribution is 2.48. The van der Waals surface area contributed by atoms with Crippen molar-refractivity contribution in [1.82, 2.24) is 14.7 Å². The zero-order chi connectivity index (χ0) is 18.8. The number of piperazine rings is 1. The van der Waals surface area contributed by atoms with E-state index in [9.17, 15) is 14.0 Å². The molecular weight excluding hydrogens is 345 g/mol. The third-order valence-electron chi connectivity index (χ3n) is 6.16. The van der Waals surface area contributed by atoms with Crippen LogP contribution in [-0.2, 0) is 9.59 Å². The minimum Gasteiger partial charge on any atom is -0.342 e. The van der Waals surface area contributed by atoms with Crippen LogP contribution in [0.3, 0.4) is 0 Å². The van der Waals surface area contributed by atoms with Crippen LogP contribution in [0.2, 0.25) is 0 Å². The molecule has 3 fully saturated rings. The monoisotopic (exact) mass is 373 g/mol. The van der Waals surface area contributed by atoms with E-state index in [1.54, 1.807) is 12.1 Å². The van der Waals surface area contributed by atoms with Gasteiger partial charge >= 0.3 is 0 Å². The van der Waals surface area contributed by atoms with Crippen LogP contribution in [-0.4, -0.2) is 72.3 Å². The van der Waals surface area contributed by atoms with Crippen molar-refractivity contribution in [2.45, 2.75) is 31.6 Å². The van der Waals surface area contributed by atoms with Crippen LogP contribution in [0.4, 0.5) is 4.39 Å². The molecule has 2 aliphatic heterocycles. The smallest absolute Gasteiger partial charge is 0.236 e. The standard InChI is InChI=1S/C21H28FN3O2/c22-17-6-4-16(5-7-17)18-14-19(18)21(27)25-12-10-23(11-13-25)15-20(26)24-8-2-1-3-9-24/h4-7,18-19H,1-3,8-15H2. The molecule has 27 heavy (non-hydrogen) atoms. The van der Waals surface area contributed by atoms with Crippen molar-refractivity contribution < 1.29 is 14.0 Å². The van der Waals surface area contributed by atoms with Gasteiger partial charge < -0.3 is 9.80 Å². The van der Waals surface area contributed by atoms with Gasteiger partial charge in [-0.2, -0.15) is 0 Å². The highest BCUT2D eigenvalue weighted by Gasteiger charge is 2.46. The molecule has 4 rings (SSSR count). The summed E-state index contributed by atoms with van der Waals surface area (Å²) in [5, 5.41) is 0. The van der Waals surface area contributed by atoms with Crippen molar-refractivity contribution in [3.8, 4) is 0 Å². The maximum absolute atomic E-state index is 13.1. The second kappa shape index (κ2) is 7.97. The van der Waals surface area contributed by atoms with E-state index < -0.39 is 0 Å². The van der Waals surface area contributed by atoms with Gasteiger partial charge in [0, 0.05) is 45.2 Å². The Morgan fingerprint density at radius 2 is 1.56 bits per heavy atom. The highest BCUT2D eigenvalue weighted by atomic mass is 19.1. The Morgan fingerprint density at radius 1 is 0.889 bits per heavy atom. The summed E-state index contributed by atoms with van der Waals surface area (Å²) >= 11 is 0. The molecule has 3 aliphatic rings. The first kappa shape index (κ1) is 18.4. The average molecular weight is 373 g/mol. The number of likely N-dealkylation sites (tertiary alicyclic amines) is 1. The van der Waals surface area contributed by atoms with Gasteiger partial charge in [-0.1, -0.05) is 12.1 Å². The van der Waals surface area contributed by atoms with E-state index >= 15 is 0 Å². The molecule has 2 amide bonds. The number of benzene rings is 1. The molecule has 0 bridgehead atoms. The van der Waals surface area contributed by atoms with E-state index in [-0.39, 0.29) is 29.5 Å². The molecular formula is C21H28FN3O2. The minimum atomic E-state index is -0.238. The quantitative estimate of drug-likeness (QED) is 0.812. The largest absolute Gasteiger partial charge is 0.342 e. The number of hydrogen-bond donors (Lipinski definition) is 0. The molecule has 1 aliphatic carbocycles. The van der Waals surface area contributed by atoms with Crippen molar-refractivity contribution in [2.75, 3.05) is 45.8 Å². The van der Waals surface area contributed by atoms with Gasteiger partial charge in [0.15, 0.2) is 0 Å². The van der Waals surface area contributed by atoms with Crippen LogP contribution in [0, 0.1) is 11.7 Å². The topological polar surface area (TPSA) is 43.9 Å². The number of rotatable bonds is 4. The Balaban J connectivity index is 1.23. The number of carbonyl (C=O) groups excluding carboxylic acids is 2. The highest BCUT2D eigenvalue weighted by molar-refractivity contribution is 5.83. The number of piperidine rings is 1. The Morgan fingerprint density at radius 3 is 2.22 bits per heavy atom. The molecule has 0 aromatic heterocycles. The first-order chi connectivity index (χ1) is 13.1. The molecule has 2 atom stereocenters. The fourth-order valence-corrected chi connectivity index (χ4v) is 4.34. The molecule has 1 saturated carbocycles. The summed E-state index contributed by atoms with van der Waals surface area (Å²) < 4.78 is 13.1. The van der Waals surface area contributed by atoms with Crippen molar-refractivity contribution in [3.05, 3.63) is 35.6 Å². The Hall–Kier alpha value is -1.95. The van der Waals surface area contributed by atoms with Crippen LogP contribution >= 0.6 is 0 Å². The lowest BCUT2D eigenvalue weighted by molar-refractivity contribution is -0.136. The van der Waals surface area contributed by atoms with Gasteiger partial charge in [-0.05, 0) is 49.3 Å². The number of nitrogens with zero attached hydrogens (tertiary/aromatic N) is 3. The van der Waals surface area contributed by atoms with Gasteiger partial charge in [-0.25, -0.2) is 4.39 Å². The van der Waals surface area contributed by atoms with Crippen molar-refractivity contribution in [3.63, 3.8) is 0 Å². The first-order valence-electron chi connectivity index (χ1n) is 10.2. The normalized spacial score (nSPS) is 26.1. The van der Waals surface area contributed by atoms with E-state index in [1.165, 1.54) is 18.6 Å². The molecule has 2 saturated heterocycles. The molecule has 0 spiro atoms. The van der Waals surface area contributed by atoms with E-state index in [2.05, 4.69) is 4.90 Å². The molecule has 1 aromatic rings. The SMILES string of the molecule is O=C(CN1CCN(C(=O)C2CC2c2ccc(F)cc2)CC1)N1CCCCC1. The average Bonchev–Trinajstić information content (AvgIpc) is 3.50. The van der Waals surface area contributed by atoms with Crippen molar-refractivity contribution in [2.24, 2.45) is 5.92 Å². The van der Waals surface area contributed by atoms with Gasteiger partial charge in [0.05, 0.1) is 6.54 Å². The number of carbonyl (C=O) groups is 2. The van der Waals surface area contributed by atoms with Crippen LogP contribution in [0.5, 0.6) is 0 Å². The van der Waals surface area contributed by atoms with E-state index in [0.717, 1.165) is 51.0 Å². The molecule has 6 heteroatoms. The Labute approximate surface area is 160 Å². The van der Waals surface area contributed by atoms with Crippen LogP contribution in [0.25, 0.3) is 0 Å². The van der Waals surface area contributed by atoms with Crippen molar-refractivity contribution >= 4 is 11.8 Å². The molecule has 146 valence electrons. The van der Waals surface area contributed by atoms with Gasteiger partial charge in [-0.15, -0.1) is 0 Å². The van der Waals surface area contributed by atoms with Crippen LogP contribution in [0.1, 0.15) is 37.2 Å². The van der Waals surface area contributed by atoms with E-state index in [0.29, 0.717) is 19.6 Å². The second-order valence-electron chi connectivity index (χ2n) is 8.04. The lowest BCUT2D eigenvalue weighted by Crippen LogP contribution is -2.52. The van der Waals surface area contributed by atoms with E-state index in [1.807, 2.05) is 9.80 Å². The number of halogens is 1. The van der Waals surface area contributed by atoms with Crippen LogP contribution < -0.4 is 0 Å². The predicted molar refractivity (Wildman–Crippen MR) is 101 cm³/mol. The maximum atomic E-state index is 13.1. The van der Waals surface area contributed by atoms with Crippen LogP contribution in [0.15, 0.2) is 24.3 Å². The van der Waals surface area contributed by atoms with Gasteiger partial charge in [0.25, 0.3) is 0 Å². The molecule has 0 radical (unpaired) electrons. The molecule has 5 nitrogen and oxygen atoms in total. The minimum absolute atomic E-state index is 0.0389. The Bertz CT molecular complexity index is 679. The predicted octanol–water partition coefficient (Wildman–Crippen LogP) is 2.09. The third kappa shape index (κ3) is 4.32. The zero-order valence-electron chi connectivity index (χ0n) is 15.8. The molecule has 2 heterocycles. The lowest BCUT2D eigenvalue weighted by Gasteiger charge is -2.36. The number of hydrogen-bond acceptors (Lipinski definition) is 3. The maximum Gasteiger partial charge on any atom is 0.236 e. The summed E-state index contributed by atoms with van der Waals surface area (Å²) in [6, 6.07) is 6.51. The van der Waals surface area contributed by atoms with Crippen molar-refractivity contribution in [1.29, 1.82) is 0 Å². The molecule has 1 aromatic carbocycles. The van der Waals surface area contributed by atoms with Gasteiger partial charge in [0.1, 0.15) is 5.82 Å². The number of amides is 2.